The molecule has 0 bridgehead atoms. The Kier molecular flexibility index (Phi) is 4.00. The normalized spacial score (nSPS) is 10.3. The molecule has 0 heterocycles. The van der Waals surface area contributed by atoms with Crippen molar-refractivity contribution in [3.63, 3.8) is 0 Å². The molecule has 0 spiro atoms. The molecule has 19 heavy (non-hydrogen) atoms. The fourth-order valence-corrected chi connectivity index (χ4v) is 1.75. The average Bonchev–Trinajstić information content (AvgIpc) is 2.40. The van der Waals surface area contributed by atoms with Crippen LogP contribution in [-0.2, 0) is 6.54 Å². The second kappa shape index (κ2) is 5.69. The fraction of sp³-hybridized carbons (Fsp3) is 0.200. The predicted molar refractivity (Wildman–Crippen MR) is 74.5 cm³/mol. The van der Waals surface area contributed by atoms with Crippen LogP contribution in [0, 0.1) is 11.6 Å². The van der Waals surface area contributed by atoms with Crippen LogP contribution < -0.4 is 10.2 Å². The van der Waals surface area contributed by atoms with Crippen LogP contribution in [0.25, 0.3) is 0 Å². The monoisotopic (exact) mass is 262 g/mol. The highest BCUT2D eigenvalue weighted by Crippen LogP contribution is 2.18. The van der Waals surface area contributed by atoms with E-state index in [1.54, 1.807) is 6.07 Å². The number of nitrogens with zero attached hydrogens (tertiary/aromatic N) is 1. The van der Waals surface area contributed by atoms with Gasteiger partial charge in [-0.15, -0.1) is 0 Å². The lowest BCUT2D eigenvalue weighted by atomic mass is 10.2. The van der Waals surface area contributed by atoms with Crippen LogP contribution in [0.15, 0.2) is 42.5 Å². The van der Waals surface area contributed by atoms with Gasteiger partial charge >= 0.3 is 0 Å². The van der Waals surface area contributed by atoms with Gasteiger partial charge in [-0.2, -0.15) is 0 Å². The van der Waals surface area contributed by atoms with Gasteiger partial charge in [0.15, 0.2) is 11.6 Å². The lowest BCUT2D eigenvalue weighted by molar-refractivity contribution is 0.507. The summed E-state index contributed by atoms with van der Waals surface area (Å²) >= 11 is 0. The Morgan fingerprint density at radius 2 is 1.79 bits per heavy atom. The van der Waals surface area contributed by atoms with E-state index in [2.05, 4.69) is 5.32 Å². The number of nitrogens with one attached hydrogen (secondary N) is 1. The standard InChI is InChI=1S/C15H16F2N2/c1-19(2)13-5-3-4-12(9-13)18-10-11-6-7-14(16)15(17)8-11/h3-9,18H,10H2,1-2H3. The zero-order valence-electron chi connectivity index (χ0n) is 11.0. The van der Waals surface area contributed by atoms with Crippen molar-refractivity contribution in [1.82, 2.24) is 0 Å². The first-order valence-corrected chi connectivity index (χ1v) is 6.01. The van der Waals surface area contributed by atoms with Crippen LogP contribution in [0.5, 0.6) is 0 Å². The summed E-state index contributed by atoms with van der Waals surface area (Å²) in [5, 5.41) is 3.19. The van der Waals surface area contributed by atoms with Crippen molar-refractivity contribution >= 4 is 11.4 Å². The third kappa shape index (κ3) is 3.44. The zero-order chi connectivity index (χ0) is 13.8. The van der Waals surface area contributed by atoms with Crippen LogP contribution in [-0.4, -0.2) is 14.1 Å². The molecule has 0 unspecified atom stereocenters. The van der Waals surface area contributed by atoms with Crippen LogP contribution >= 0.6 is 0 Å². The minimum Gasteiger partial charge on any atom is -0.381 e. The first-order valence-electron chi connectivity index (χ1n) is 6.01. The summed E-state index contributed by atoms with van der Waals surface area (Å²) in [4.78, 5) is 2.00. The molecule has 2 aromatic rings. The largest absolute Gasteiger partial charge is 0.381 e. The lowest BCUT2D eigenvalue weighted by Gasteiger charge is -2.14. The molecule has 2 nitrogen and oxygen atoms in total. The van der Waals surface area contributed by atoms with Crippen molar-refractivity contribution in [3.8, 4) is 0 Å². The van der Waals surface area contributed by atoms with Gasteiger partial charge in [0.1, 0.15) is 0 Å². The summed E-state index contributed by atoms with van der Waals surface area (Å²) in [6, 6.07) is 11.8. The van der Waals surface area contributed by atoms with Gasteiger partial charge in [-0.3, -0.25) is 0 Å². The van der Waals surface area contributed by atoms with Crippen molar-refractivity contribution in [2.24, 2.45) is 0 Å². The molecule has 2 rings (SSSR count). The lowest BCUT2D eigenvalue weighted by Crippen LogP contribution is -2.09. The molecule has 0 saturated carbocycles. The maximum Gasteiger partial charge on any atom is 0.159 e. The molecule has 0 aliphatic rings. The molecular weight excluding hydrogens is 246 g/mol. The highest BCUT2D eigenvalue weighted by Gasteiger charge is 2.03. The molecule has 0 fully saturated rings. The summed E-state index contributed by atoms with van der Waals surface area (Å²) in [7, 11) is 3.93. The molecule has 0 radical (unpaired) electrons. The number of hydrogen-bond acceptors (Lipinski definition) is 2. The highest BCUT2D eigenvalue weighted by molar-refractivity contribution is 5.57. The average molecular weight is 262 g/mol. The van der Waals surface area contributed by atoms with Crippen molar-refractivity contribution in [3.05, 3.63) is 59.7 Å². The topological polar surface area (TPSA) is 15.3 Å². The summed E-state index contributed by atoms with van der Waals surface area (Å²) < 4.78 is 25.9. The van der Waals surface area contributed by atoms with Gasteiger partial charge in [-0.1, -0.05) is 12.1 Å². The minimum atomic E-state index is -0.821. The van der Waals surface area contributed by atoms with Crippen molar-refractivity contribution in [2.75, 3.05) is 24.3 Å². The van der Waals surface area contributed by atoms with Gasteiger partial charge in [-0.05, 0) is 35.9 Å². The van der Waals surface area contributed by atoms with E-state index in [0.717, 1.165) is 17.4 Å². The molecule has 4 heteroatoms. The fourth-order valence-electron chi connectivity index (χ4n) is 1.75. The van der Waals surface area contributed by atoms with Crippen LogP contribution in [0.4, 0.5) is 20.2 Å². The van der Waals surface area contributed by atoms with E-state index in [1.807, 2.05) is 43.3 Å². The van der Waals surface area contributed by atoms with E-state index < -0.39 is 11.6 Å². The van der Waals surface area contributed by atoms with Crippen LogP contribution in [0.3, 0.4) is 0 Å². The van der Waals surface area contributed by atoms with E-state index in [0.29, 0.717) is 12.1 Å². The second-order valence-electron chi connectivity index (χ2n) is 4.55. The van der Waals surface area contributed by atoms with Gasteiger partial charge < -0.3 is 10.2 Å². The Hall–Kier alpha value is -2.10. The summed E-state index contributed by atoms with van der Waals surface area (Å²) in [6.07, 6.45) is 0. The predicted octanol–water partition coefficient (Wildman–Crippen LogP) is 3.64. The molecular formula is C15H16F2N2. The Bertz CT molecular complexity index is 568. The number of rotatable bonds is 4. The minimum absolute atomic E-state index is 0.452. The van der Waals surface area contributed by atoms with Crippen molar-refractivity contribution in [1.29, 1.82) is 0 Å². The Labute approximate surface area is 111 Å². The number of halogens is 2. The third-order valence-electron chi connectivity index (χ3n) is 2.84. The summed E-state index contributed by atoms with van der Waals surface area (Å²) in [5.41, 5.74) is 2.72. The van der Waals surface area contributed by atoms with E-state index in [4.69, 9.17) is 0 Å². The Balaban J connectivity index is 2.05. The van der Waals surface area contributed by atoms with Crippen LogP contribution in [0.2, 0.25) is 0 Å². The van der Waals surface area contributed by atoms with Crippen molar-refractivity contribution < 1.29 is 8.78 Å². The van der Waals surface area contributed by atoms with Crippen molar-refractivity contribution in [2.45, 2.75) is 6.54 Å². The Morgan fingerprint density at radius 3 is 2.47 bits per heavy atom. The molecule has 2 aromatic carbocycles. The maximum atomic E-state index is 13.1. The quantitative estimate of drug-likeness (QED) is 0.905. The molecule has 0 aromatic heterocycles. The summed E-state index contributed by atoms with van der Waals surface area (Å²) in [5.74, 6) is -1.64. The number of anilines is 2. The molecule has 0 saturated heterocycles. The Morgan fingerprint density at radius 1 is 1.00 bits per heavy atom. The second-order valence-corrected chi connectivity index (χ2v) is 4.55. The SMILES string of the molecule is CN(C)c1cccc(NCc2ccc(F)c(F)c2)c1. The molecule has 0 atom stereocenters. The van der Waals surface area contributed by atoms with E-state index in [-0.39, 0.29) is 0 Å². The highest BCUT2D eigenvalue weighted by atomic mass is 19.2. The first kappa shape index (κ1) is 13.3. The van der Waals surface area contributed by atoms with Gasteiger partial charge in [0, 0.05) is 32.0 Å². The molecule has 1 N–H and O–H groups in total. The molecule has 0 aliphatic carbocycles. The van der Waals surface area contributed by atoms with Gasteiger partial charge in [0.25, 0.3) is 0 Å². The van der Waals surface area contributed by atoms with Gasteiger partial charge in [0.05, 0.1) is 0 Å². The van der Waals surface area contributed by atoms with Crippen LogP contribution in [0.1, 0.15) is 5.56 Å². The number of hydrogen-bond donors (Lipinski definition) is 1. The smallest absolute Gasteiger partial charge is 0.159 e. The van der Waals surface area contributed by atoms with E-state index in [9.17, 15) is 8.78 Å². The third-order valence-corrected chi connectivity index (χ3v) is 2.84. The first-order chi connectivity index (χ1) is 9.06. The van der Waals surface area contributed by atoms with E-state index >= 15 is 0 Å². The zero-order valence-corrected chi connectivity index (χ0v) is 11.0. The molecule has 0 aliphatic heterocycles. The molecule has 0 amide bonds. The van der Waals surface area contributed by atoms with Gasteiger partial charge in [0.2, 0.25) is 0 Å². The van der Waals surface area contributed by atoms with E-state index in [1.165, 1.54) is 6.07 Å². The molecule has 100 valence electrons. The number of benzene rings is 2. The van der Waals surface area contributed by atoms with Gasteiger partial charge in [-0.25, -0.2) is 8.78 Å². The maximum absolute atomic E-state index is 13.1. The summed E-state index contributed by atoms with van der Waals surface area (Å²) in [6.45, 7) is 0.452.